The third kappa shape index (κ3) is 8.86. The van der Waals surface area contributed by atoms with Gasteiger partial charge < -0.3 is 9.47 Å². The molecule has 0 aliphatic rings. The molecular weight excluding hydrogens is 200 g/mol. The lowest BCUT2D eigenvalue weighted by Gasteiger charge is -2.02. The Morgan fingerprint density at radius 3 is 2.13 bits per heavy atom. The average Bonchev–Trinajstić information content (AvgIpc) is 2.20. The van der Waals surface area contributed by atoms with E-state index in [1.807, 2.05) is 20.8 Å². The molecule has 0 bridgehead atoms. The summed E-state index contributed by atoms with van der Waals surface area (Å²) in [4.78, 5) is 21.6. The summed E-state index contributed by atoms with van der Waals surface area (Å²) >= 11 is 0. The van der Waals surface area contributed by atoms with Crippen molar-refractivity contribution in [3.05, 3.63) is 0 Å². The lowest BCUT2D eigenvalue weighted by atomic mass is 10.2. The predicted octanol–water partition coefficient (Wildman–Crippen LogP) is 2.78. The lowest BCUT2D eigenvalue weighted by Crippen LogP contribution is -2.06. The Morgan fingerprint density at radius 1 is 1.13 bits per heavy atom. The number of azo groups is 1. The summed E-state index contributed by atoms with van der Waals surface area (Å²) in [6, 6.07) is 0. The van der Waals surface area contributed by atoms with Gasteiger partial charge in [-0.3, -0.25) is 0 Å². The van der Waals surface area contributed by atoms with Crippen LogP contribution in [0.2, 0.25) is 0 Å². The van der Waals surface area contributed by atoms with Crippen molar-refractivity contribution in [1.82, 2.24) is 0 Å². The number of nitrogens with zero attached hydrogens (tertiary/aromatic N) is 2. The van der Waals surface area contributed by atoms with E-state index in [0.29, 0.717) is 6.42 Å². The van der Waals surface area contributed by atoms with Gasteiger partial charge in [0.15, 0.2) is 0 Å². The van der Waals surface area contributed by atoms with E-state index in [4.69, 9.17) is 0 Å². The first-order valence-corrected chi connectivity index (χ1v) is 4.81. The maximum absolute atomic E-state index is 10.8. The van der Waals surface area contributed by atoms with Crippen molar-refractivity contribution in [2.45, 2.75) is 27.2 Å². The Morgan fingerprint density at radius 2 is 1.67 bits per heavy atom. The van der Waals surface area contributed by atoms with Crippen molar-refractivity contribution in [1.29, 1.82) is 0 Å². The minimum Gasteiger partial charge on any atom is -0.447 e. The summed E-state index contributed by atoms with van der Waals surface area (Å²) in [5, 5.41) is 6.07. The Labute approximate surface area is 88.7 Å². The second-order valence-electron chi connectivity index (χ2n) is 3.29. The Balaban J connectivity index is 3.74. The number of hydrogen-bond acceptors (Lipinski definition) is 4. The number of ether oxygens (including phenoxy) is 2. The summed E-state index contributed by atoms with van der Waals surface area (Å²) in [5.41, 5.74) is 0. The van der Waals surface area contributed by atoms with Crippen molar-refractivity contribution < 1.29 is 19.1 Å². The standard InChI is InChI=1S/C9H16N2O4/c1-4-5-14-8(12)10-11-9(13)15-6-7(2)3/h7H,4-6H2,1-3H3. The monoisotopic (exact) mass is 216 g/mol. The molecule has 6 heteroatoms. The zero-order valence-electron chi connectivity index (χ0n) is 9.23. The quantitative estimate of drug-likeness (QED) is 0.677. The molecule has 0 radical (unpaired) electrons. The number of rotatable bonds is 4. The van der Waals surface area contributed by atoms with E-state index in [1.54, 1.807) is 0 Å². The van der Waals surface area contributed by atoms with Crippen molar-refractivity contribution >= 4 is 12.2 Å². The largest absolute Gasteiger partial charge is 0.452 e. The highest BCUT2D eigenvalue weighted by atomic mass is 16.6. The van der Waals surface area contributed by atoms with Gasteiger partial charge in [0.05, 0.1) is 13.2 Å². The molecule has 0 heterocycles. The fourth-order valence-electron chi connectivity index (χ4n) is 0.567. The average molecular weight is 216 g/mol. The van der Waals surface area contributed by atoms with Gasteiger partial charge in [-0.15, -0.1) is 0 Å². The van der Waals surface area contributed by atoms with Crippen LogP contribution in [0, 0.1) is 5.92 Å². The highest BCUT2D eigenvalue weighted by Crippen LogP contribution is 1.96. The summed E-state index contributed by atoms with van der Waals surface area (Å²) in [6.07, 6.45) is -1.06. The topological polar surface area (TPSA) is 77.3 Å². The van der Waals surface area contributed by atoms with Gasteiger partial charge in [0.1, 0.15) is 0 Å². The number of carbonyl (C=O) groups is 2. The van der Waals surface area contributed by atoms with Crippen LogP contribution in [-0.2, 0) is 9.47 Å². The molecule has 0 atom stereocenters. The molecule has 0 saturated heterocycles. The smallest absolute Gasteiger partial charge is 0.447 e. The van der Waals surface area contributed by atoms with E-state index in [1.165, 1.54) is 0 Å². The molecule has 0 unspecified atom stereocenters. The molecule has 0 aromatic heterocycles. The van der Waals surface area contributed by atoms with Gasteiger partial charge in [0.2, 0.25) is 0 Å². The van der Waals surface area contributed by atoms with Gasteiger partial charge >= 0.3 is 12.2 Å². The Kier molecular flexibility index (Phi) is 7.13. The third-order valence-electron chi connectivity index (χ3n) is 1.18. The molecule has 6 nitrogen and oxygen atoms in total. The van der Waals surface area contributed by atoms with Crippen LogP contribution in [0.25, 0.3) is 0 Å². The van der Waals surface area contributed by atoms with Gasteiger partial charge in [0, 0.05) is 0 Å². The highest BCUT2D eigenvalue weighted by molar-refractivity contribution is 5.73. The first-order chi connectivity index (χ1) is 7.06. The van der Waals surface area contributed by atoms with Crippen molar-refractivity contribution in [3.8, 4) is 0 Å². The molecule has 0 saturated carbocycles. The molecule has 0 aromatic carbocycles. The van der Waals surface area contributed by atoms with Crippen LogP contribution in [0.15, 0.2) is 10.2 Å². The number of amides is 2. The molecule has 86 valence electrons. The molecule has 0 aromatic rings. The van der Waals surface area contributed by atoms with E-state index >= 15 is 0 Å². The van der Waals surface area contributed by atoms with Crippen LogP contribution in [0.3, 0.4) is 0 Å². The molecule has 0 rings (SSSR count). The maximum Gasteiger partial charge on any atom is 0.452 e. The molecule has 15 heavy (non-hydrogen) atoms. The second-order valence-corrected chi connectivity index (χ2v) is 3.29. The van der Waals surface area contributed by atoms with Gasteiger partial charge in [-0.2, -0.15) is 0 Å². The van der Waals surface area contributed by atoms with Crippen LogP contribution in [0.1, 0.15) is 27.2 Å². The van der Waals surface area contributed by atoms with E-state index < -0.39 is 12.2 Å². The Hall–Kier alpha value is -1.46. The second kappa shape index (κ2) is 7.90. The zero-order valence-corrected chi connectivity index (χ0v) is 9.23. The fourth-order valence-corrected chi connectivity index (χ4v) is 0.567. The highest BCUT2D eigenvalue weighted by Gasteiger charge is 2.04. The van der Waals surface area contributed by atoms with Crippen molar-refractivity contribution in [2.75, 3.05) is 13.2 Å². The summed E-state index contributed by atoms with van der Waals surface area (Å²) in [6.45, 7) is 6.14. The fraction of sp³-hybridized carbons (Fsp3) is 0.778. The van der Waals surface area contributed by atoms with Crippen LogP contribution in [-0.4, -0.2) is 25.4 Å². The molecular formula is C9H16N2O4. The molecule has 0 spiro atoms. The van der Waals surface area contributed by atoms with Crippen molar-refractivity contribution in [3.63, 3.8) is 0 Å². The van der Waals surface area contributed by atoms with Gasteiger partial charge in [-0.1, -0.05) is 31.0 Å². The summed E-state index contributed by atoms with van der Waals surface area (Å²) < 4.78 is 9.21. The third-order valence-corrected chi connectivity index (χ3v) is 1.18. The maximum atomic E-state index is 10.8. The van der Waals surface area contributed by atoms with E-state index in [2.05, 4.69) is 19.7 Å². The normalized spacial score (nSPS) is 10.7. The predicted molar refractivity (Wildman–Crippen MR) is 52.7 cm³/mol. The number of hydrogen-bond donors (Lipinski definition) is 0. The van der Waals surface area contributed by atoms with E-state index in [9.17, 15) is 9.59 Å². The zero-order chi connectivity index (χ0) is 11.7. The van der Waals surface area contributed by atoms with Gasteiger partial charge in [0.25, 0.3) is 0 Å². The Bertz CT molecular complexity index is 238. The molecule has 0 aliphatic carbocycles. The van der Waals surface area contributed by atoms with E-state index in [0.717, 1.165) is 0 Å². The lowest BCUT2D eigenvalue weighted by molar-refractivity contribution is 0.137. The first kappa shape index (κ1) is 13.5. The first-order valence-electron chi connectivity index (χ1n) is 4.81. The molecule has 2 amide bonds. The van der Waals surface area contributed by atoms with Crippen LogP contribution in [0.5, 0.6) is 0 Å². The molecule has 0 N–H and O–H groups in total. The SMILES string of the molecule is CCCOC(=O)N=NC(=O)OCC(C)C. The van der Waals surface area contributed by atoms with Crippen LogP contribution < -0.4 is 0 Å². The van der Waals surface area contributed by atoms with Crippen molar-refractivity contribution in [2.24, 2.45) is 16.1 Å². The van der Waals surface area contributed by atoms with E-state index in [-0.39, 0.29) is 19.1 Å². The molecule has 0 aliphatic heterocycles. The van der Waals surface area contributed by atoms with Crippen LogP contribution >= 0.6 is 0 Å². The molecule has 0 fully saturated rings. The van der Waals surface area contributed by atoms with Gasteiger partial charge in [-0.25, -0.2) is 9.59 Å². The summed E-state index contributed by atoms with van der Waals surface area (Å²) in [5.74, 6) is 0.219. The minimum absolute atomic E-state index is 0.219. The summed E-state index contributed by atoms with van der Waals surface area (Å²) in [7, 11) is 0. The minimum atomic E-state index is -0.878. The van der Waals surface area contributed by atoms with Crippen LogP contribution in [0.4, 0.5) is 9.59 Å². The van der Waals surface area contributed by atoms with Gasteiger partial charge in [-0.05, 0) is 12.3 Å². The number of carbonyl (C=O) groups excluding carboxylic acids is 2.